The van der Waals surface area contributed by atoms with E-state index in [9.17, 15) is 29.1 Å². The van der Waals surface area contributed by atoms with Gasteiger partial charge in [-0.25, -0.2) is 4.79 Å². The number of rotatable bonds is 18. The molecule has 4 atom stereocenters. The molecule has 18 nitrogen and oxygen atoms in total. The predicted molar refractivity (Wildman–Crippen MR) is 131 cm³/mol. The Hall–Kier alpha value is -4.19. The van der Waals surface area contributed by atoms with E-state index >= 15 is 0 Å². The van der Waals surface area contributed by atoms with E-state index in [-0.39, 0.29) is 44.3 Å². The fraction of sp³-hybridized carbons (Fsp3) is 0.632. The second-order valence-corrected chi connectivity index (χ2v) is 7.81. The summed E-state index contributed by atoms with van der Waals surface area (Å²) in [6, 6.07) is -5.76. The number of aliphatic hydroxyl groups excluding tert-OH is 1. The number of nitrogens with one attached hydrogen (secondary N) is 3. The largest absolute Gasteiger partial charge is 0.481 e. The summed E-state index contributed by atoms with van der Waals surface area (Å²) >= 11 is 0. The van der Waals surface area contributed by atoms with Crippen LogP contribution in [0.4, 0.5) is 0 Å². The minimum Gasteiger partial charge on any atom is -0.481 e. The van der Waals surface area contributed by atoms with Crippen LogP contribution in [0.2, 0.25) is 0 Å². The van der Waals surface area contributed by atoms with Crippen molar-refractivity contribution in [1.29, 1.82) is 0 Å². The highest BCUT2D eigenvalue weighted by Crippen LogP contribution is 2.04. The van der Waals surface area contributed by atoms with Gasteiger partial charge in [-0.2, -0.15) is 0 Å². The molecule has 0 aromatic carbocycles. The summed E-state index contributed by atoms with van der Waals surface area (Å²) in [7, 11) is 0. The van der Waals surface area contributed by atoms with Crippen molar-refractivity contribution in [2.45, 2.75) is 56.3 Å². The Morgan fingerprint density at radius 3 is 1.62 bits per heavy atom. The monoisotopic (exact) mass is 532 g/mol. The standard InChI is InChI=1S/C19H36N10O8/c20-9(3-1-5-25-18(21)22)14(33)28-11(7-13(31)32)16(35)27-10(4-2-6-26-19(23)24)15(34)29-12(8-30)17(36)37/h9-12,30H,1-8,20H2,(H,27,35)(H,28,33)(H,29,34)(H,31,32)(H,36,37)(H4,21,22,25)(H4,23,24,26). The Balaban J connectivity index is 5.46. The van der Waals surface area contributed by atoms with Gasteiger partial charge in [0, 0.05) is 13.1 Å². The zero-order valence-electron chi connectivity index (χ0n) is 20.1. The van der Waals surface area contributed by atoms with Gasteiger partial charge >= 0.3 is 11.9 Å². The van der Waals surface area contributed by atoms with Crippen LogP contribution in [0.25, 0.3) is 0 Å². The van der Waals surface area contributed by atoms with Crippen LogP contribution in [0.15, 0.2) is 9.98 Å². The molecule has 0 spiro atoms. The molecule has 0 aliphatic rings. The van der Waals surface area contributed by atoms with Crippen molar-refractivity contribution in [3.8, 4) is 0 Å². The zero-order valence-corrected chi connectivity index (χ0v) is 20.1. The molecular formula is C19H36N10O8. The normalized spacial score (nSPS) is 13.7. The Morgan fingerprint density at radius 1 is 0.703 bits per heavy atom. The van der Waals surface area contributed by atoms with Gasteiger partial charge in [0.1, 0.15) is 18.1 Å². The number of carboxylic acid groups (broad SMARTS) is 2. The number of carbonyl (C=O) groups excluding carboxylic acids is 3. The summed E-state index contributed by atoms with van der Waals surface area (Å²) in [6.45, 7) is -0.660. The molecule has 0 aromatic rings. The lowest BCUT2D eigenvalue weighted by Gasteiger charge is -2.24. The number of aliphatic hydroxyl groups is 1. The minimum atomic E-state index is -1.66. The summed E-state index contributed by atoms with van der Waals surface area (Å²) < 4.78 is 0. The third kappa shape index (κ3) is 14.7. The maximum atomic E-state index is 12.8. The SMILES string of the molecule is NC(N)=NCCCC(N)C(=O)NC(CC(=O)O)C(=O)NC(CCCN=C(N)N)C(=O)NC(CO)C(=O)O. The van der Waals surface area contributed by atoms with Gasteiger partial charge < -0.3 is 59.9 Å². The number of carbonyl (C=O) groups is 5. The van der Waals surface area contributed by atoms with Crippen LogP contribution in [0.1, 0.15) is 32.1 Å². The molecular weight excluding hydrogens is 496 g/mol. The van der Waals surface area contributed by atoms with Crippen molar-refractivity contribution in [2.24, 2.45) is 38.7 Å². The Labute approximate surface area is 212 Å². The fourth-order valence-electron chi connectivity index (χ4n) is 2.82. The van der Waals surface area contributed by atoms with Gasteiger partial charge in [-0.15, -0.1) is 0 Å². The molecule has 0 saturated heterocycles. The molecule has 16 N–H and O–H groups in total. The maximum Gasteiger partial charge on any atom is 0.328 e. The van der Waals surface area contributed by atoms with Gasteiger partial charge in [-0.1, -0.05) is 0 Å². The molecule has 4 unspecified atom stereocenters. The van der Waals surface area contributed by atoms with E-state index in [1.807, 2.05) is 0 Å². The first-order chi connectivity index (χ1) is 17.3. The van der Waals surface area contributed by atoms with Crippen LogP contribution in [-0.2, 0) is 24.0 Å². The van der Waals surface area contributed by atoms with Gasteiger partial charge in [0.05, 0.1) is 19.1 Å². The van der Waals surface area contributed by atoms with Crippen LogP contribution in [0, 0.1) is 0 Å². The highest BCUT2D eigenvalue weighted by atomic mass is 16.4. The molecule has 0 bridgehead atoms. The molecule has 0 rings (SSSR count). The molecule has 0 saturated carbocycles. The first-order valence-electron chi connectivity index (χ1n) is 11.1. The quantitative estimate of drug-likeness (QED) is 0.0446. The van der Waals surface area contributed by atoms with Crippen molar-refractivity contribution in [2.75, 3.05) is 19.7 Å². The molecule has 210 valence electrons. The van der Waals surface area contributed by atoms with Gasteiger partial charge in [0.2, 0.25) is 17.7 Å². The second kappa shape index (κ2) is 17.3. The number of nitrogens with zero attached hydrogens (tertiary/aromatic N) is 2. The number of carboxylic acids is 2. The number of hydrogen-bond acceptors (Lipinski definition) is 9. The van der Waals surface area contributed by atoms with E-state index in [2.05, 4.69) is 25.9 Å². The Bertz CT molecular complexity index is 858. The average molecular weight is 533 g/mol. The average Bonchev–Trinajstić information content (AvgIpc) is 2.80. The number of aliphatic carboxylic acids is 2. The summed E-state index contributed by atoms with van der Waals surface area (Å²) in [5, 5.41) is 34.0. The van der Waals surface area contributed by atoms with Crippen molar-refractivity contribution in [1.82, 2.24) is 16.0 Å². The molecule has 3 amide bonds. The lowest BCUT2D eigenvalue weighted by molar-refractivity contribution is -0.144. The van der Waals surface area contributed by atoms with E-state index in [0.29, 0.717) is 6.42 Å². The summed E-state index contributed by atoms with van der Waals surface area (Å²) in [5.41, 5.74) is 26.7. The third-order valence-corrected chi connectivity index (χ3v) is 4.69. The molecule has 0 heterocycles. The second-order valence-electron chi connectivity index (χ2n) is 7.81. The van der Waals surface area contributed by atoms with Crippen molar-refractivity contribution in [3.05, 3.63) is 0 Å². The molecule has 0 aliphatic carbocycles. The van der Waals surface area contributed by atoms with E-state index in [1.54, 1.807) is 0 Å². The molecule has 0 fully saturated rings. The van der Waals surface area contributed by atoms with Crippen molar-refractivity contribution < 1.29 is 39.3 Å². The lowest BCUT2D eigenvalue weighted by atomic mass is 10.1. The predicted octanol–water partition coefficient (Wildman–Crippen LogP) is -5.57. The van der Waals surface area contributed by atoms with Gasteiger partial charge in [-0.05, 0) is 25.7 Å². The third-order valence-electron chi connectivity index (χ3n) is 4.69. The van der Waals surface area contributed by atoms with E-state index in [1.165, 1.54) is 0 Å². The number of guanidine groups is 2. The van der Waals surface area contributed by atoms with Crippen molar-refractivity contribution >= 4 is 41.6 Å². The Kier molecular flexibility index (Phi) is 15.3. The van der Waals surface area contributed by atoms with Crippen molar-refractivity contribution in [3.63, 3.8) is 0 Å². The molecule has 18 heteroatoms. The van der Waals surface area contributed by atoms with Gasteiger partial charge in [-0.3, -0.25) is 29.2 Å². The molecule has 0 aliphatic heterocycles. The molecule has 0 aromatic heterocycles. The lowest BCUT2D eigenvalue weighted by Crippen LogP contribution is -2.57. The van der Waals surface area contributed by atoms with Crippen LogP contribution < -0.4 is 44.6 Å². The summed E-state index contributed by atoms with van der Waals surface area (Å²) in [5.74, 6) is -6.14. The molecule has 0 radical (unpaired) electrons. The first-order valence-corrected chi connectivity index (χ1v) is 11.1. The number of amides is 3. The fourth-order valence-corrected chi connectivity index (χ4v) is 2.82. The van der Waals surface area contributed by atoms with E-state index in [4.69, 9.17) is 38.9 Å². The highest BCUT2D eigenvalue weighted by Gasteiger charge is 2.31. The van der Waals surface area contributed by atoms with Crippen LogP contribution in [0.5, 0.6) is 0 Å². The maximum absolute atomic E-state index is 12.8. The van der Waals surface area contributed by atoms with E-state index < -0.39 is 66.9 Å². The number of hydrogen-bond donors (Lipinski definition) is 11. The smallest absolute Gasteiger partial charge is 0.328 e. The highest BCUT2D eigenvalue weighted by molar-refractivity contribution is 5.95. The number of aliphatic imine (C=N–C) groups is 2. The van der Waals surface area contributed by atoms with Gasteiger partial charge in [0.25, 0.3) is 0 Å². The Morgan fingerprint density at radius 2 is 1.16 bits per heavy atom. The minimum absolute atomic E-state index is 0.0638. The molecule has 37 heavy (non-hydrogen) atoms. The van der Waals surface area contributed by atoms with Crippen LogP contribution in [-0.4, -0.2) is 101 Å². The first kappa shape index (κ1) is 32.8. The topological polar surface area (TPSA) is 337 Å². The van der Waals surface area contributed by atoms with E-state index in [0.717, 1.165) is 0 Å². The number of nitrogens with two attached hydrogens (primary N) is 5. The van der Waals surface area contributed by atoms with Crippen LogP contribution in [0.3, 0.4) is 0 Å². The summed E-state index contributed by atoms with van der Waals surface area (Å²) in [6.07, 6.45) is -0.323. The van der Waals surface area contributed by atoms with Crippen LogP contribution >= 0.6 is 0 Å². The summed E-state index contributed by atoms with van der Waals surface area (Å²) in [4.78, 5) is 67.8. The zero-order chi connectivity index (χ0) is 28.5. The van der Waals surface area contributed by atoms with Gasteiger partial charge in [0.15, 0.2) is 11.9 Å².